The van der Waals surface area contributed by atoms with Gasteiger partial charge in [-0.3, -0.25) is 9.59 Å². The molecule has 1 fully saturated rings. The molecule has 0 aromatic heterocycles. The van der Waals surface area contributed by atoms with Gasteiger partial charge in [0.1, 0.15) is 11.9 Å². The normalized spacial score (nSPS) is 20.2. The van der Waals surface area contributed by atoms with Crippen LogP contribution in [-0.2, 0) is 23.8 Å². The number of nitrogen functional groups attached to an aromatic ring is 1. The molecular weight excluding hydrogens is 394 g/mol. The van der Waals surface area contributed by atoms with Crippen LogP contribution in [0.2, 0.25) is 0 Å². The third-order valence-electron chi connectivity index (χ3n) is 3.99. The molecule has 9 heteroatoms. The number of aliphatic hydroxyl groups excluding tert-OH is 2. The van der Waals surface area contributed by atoms with Crippen LogP contribution < -0.4 is 5.73 Å². The number of phenols is 1. The van der Waals surface area contributed by atoms with Gasteiger partial charge in [-0.2, -0.15) is 0 Å². The Balaban J connectivity index is 0.000000696. The standard InChI is InChI=1S/C13H22O7.C6H7NO.C2H6/c1-3-18-12(16)9(13(17)19-4-2)5-8-6-10(14)11(15)7-20-8;7-5-1-3-6(8)4-2-5;1-2/h8-11,14-15H,3-7H2,1-2H3;1-4,8H,7H2;1-2H3. The fourth-order valence-corrected chi connectivity index (χ4v) is 2.52. The highest BCUT2D eigenvalue weighted by Crippen LogP contribution is 2.22. The molecule has 1 heterocycles. The van der Waals surface area contributed by atoms with E-state index in [0.29, 0.717) is 5.69 Å². The van der Waals surface area contributed by atoms with Gasteiger partial charge in [-0.1, -0.05) is 13.8 Å². The molecule has 1 aromatic rings. The van der Waals surface area contributed by atoms with Gasteiger partial charge in [0.25, 0.3) is 0 Å². The predicted molar refractivity (Wildman–Crippen MR) is 112 cm³/mol. The number of esters is 2. The summed E-state index contributed by atoms with van der Waals surface area (Å²) in [6.45, 7) is 7.61. The Labute approximate surface area is 177 Å². The van der Waals surface area contributed by atoms with Gasteiger partial charge < -0.3 is 35.3 Å². The van der Waals surface area contributed by atoms with Crippen LogP contribution in [-0.4, -0.2) is 65.4 Å². The molecule has 0 bridgehead atoms. The first-order chi connectivity index (χ1) is 14.3. The first-order valence-electron chi connectivity index (χ1n) is 10.1. The van der Waals surface area contributed by atoms with Crippen LogP contribution in [0.25, 0.3) is 0 Å². The minimum absolute atomic E-state index is 0.0236. The third kappa shape index (κ3) is 10.4. The number of ether oxygens (including phenoxy) is 3. The summed E-state index contributed by atoms with van der Waals surface area (Å²) in [5, 5.41) is 27.6. The number of carbonyl (C=O) groups is 2. The van der Waals surface area contributed by atoms with Gasteiger partial charge in [-0.05, 0) is 44.5 Å². The first kappa shape index (κ1) is 27.6. The number of aliphatic hydroxyl groups is 2. The minimum atomic E-state index is -1.07. The molecule has 172 valence electrons. The second-order valence-corrected chi connectivity index (χ2v) is 6.21. The van der Waals surface area contributed by atoms with Crippen molar-refractivity contribution in [1.82, 2.24) is 0 Å². The Hall–Kier alpha value is -2.36. The van der Waals surface area contributed by atoms with Crippen LogP contribution in [0.1, 0.15) is 40.5 Å². The van der Waals surface area contributed by atoms with Crippen LogP contribution in [0.15, 0.2) is 24.3 Å². The summed E-state index contributed by atoms with van der Waals surface area (Å²) in [6, 6.07) is 6.40. The van der Waals surface area contributed by atoms with Crippen LogP contribution >= 0.6 is 0 Å². The summed E-state index contributed by atoms with van der Waals surface area (Å²) in [4.78, 5) is 23.6. The average molecular weight is 430 g/mol. The fourth-order valence-electron chi connectivity index (χ4n) is 2.52. The lowest BCUT2D eigenvalue weighted by atomic mass is 9.94. The van der Waals surface area contributed by atoms with Crippen molar-refractivity contribution in [3.8, 4) is 5.75 Å². The summed E-state index contributed by atoms with van der Waals surface area (Å²) in [6.07, 6.45) is -2.11. The van der Waals surface area contributed by atoms with E-state index in [0.717, 1.165) is 0 Å². The molecule has 3 atom stereocenters. The summed E-state index contributed by atoms with van der Waals surface area (Å²) in [7, 11) is 0. The van der Waals surface area contributed by atoms with E-state index >= 15 is 0 Å². The Bertz CT molecular complexity index is 569. The number of anilines is 1. The van der Waals surface area contributed by atoms with Crippen LogP contribution in [0, 0.1) is 5.92 Å². The molecule has 0 spiro atoms. The van der Waals surface area contributed by atoms with Crippen molar-refractivity contribution in [3.05, 3.63) is 24.3 Å². The molecule has 1 aromatic carbocycles. The highest BCUT2D eigenvalue weighted by atomic mass is 16.6. The maximum Gasteiger partial charge on any atom is 0.320 e. The molecule has 0 radical (unpaired) electrons. The van der Waals surface area contributed by atoms with E-state index in [9.17, 15) is 19.8 Å². The van der Waals surface area contributed by atoms with E-state index in [1.54, 1.807) is 38.1 Å². The number of hydrogen-bond acceptors (Lipinski definition) is 9. The minimum Gasteiger partial charge on any atom is -0.508 e. The van der Waals surface area contributed by atoms with Crippen LogP contribution in [0.3, 0.4) is 0 Å². The van der Waals surface area contributed by atoms with E-state index in [-0.39, 0.29) is 38.4 Å². The maximum atomic E-state index is 11.8. The number of benzene rings is 1. The highest BCUT2D eigenvalue weighted by molar-refractivity contribution is 5.94. The molecule has 1 aliphatic rings. The Morgan fingerprint density at radius 1 is 1.07 bits per heavy atom. The smallest absolute Gasteiger partial charge is 0.320 e. The summed E-state index contributed by atoms with van der Waals surface area (Å²) in [5.41, 5.74) is 5.98. The van der Waals surface area contributed by atoms with E-state index in [4.69, 9.17) is 25.1 Å². The van der Waals surface area contributed by atoms with Gasteiger partial charge in [-0.15, -0.1) is 0 Å². The zero-order valence-corrected chi connectivity index (χ0v) is 18.1. The van der Waals surface area contributed by atoms with E-state index in [2.05, 4.69) is 0 Å². The average Bonchev–Trinajstić information content (AvgIpc) is 2.73. The number of hydrogen-bond donors (Lipinski definition) is 4. The largest absolute Gasteiger partial charge is 0.508 e. The van der Waals surface area contributed by atoms with Gasteiger partial charge in [0, 0.05) is 12.1 Å². The molecule has 9 nitrogen and oxygen atoms in total. The van der Waals surface area contributed by atoms with Gasteiger partial charge in [0.2, 0.25) is 0 Å². The number of aromatic hydroxyl groups is 1. The van der Waals surface area contributed by atoms with Crippen molar-refractivity contribution in [2.45, 2.75) is 58.8 Å². The van der Waals surface area contributed by atoms with Crippen molar-refractivity contribution < 1.29 is 39.1 Å². The van der Waals surface area contributed by atoms with Gasteiger partial charge in [0.05, 0.1) is 32.0 Å². The SMILES string of the molecule is CC.CCOC(=O)C(CC1CC(O)C(O)CO1)C(=O)OCC.Nc1ccc(O)cc1. The van der Waals surface area contributed by atoms with Crippen molar-refractivity contribution in [2.75, 3.05) is 25.6 Å². The predicted octanol–water partition coefficient (Wildman–Crippen LogP) is 1.63. The van der Waals surface area contributed by atoms with Gasteiger partial charge in [0.15, 0.2) is 5.92 Å². The molecule has 0 saturated carbocycles. The van der Waals surface area contributed by atoms with Crippen molar-refractivity contribution in [1.29, 1.82) is 0 Å². The zero-order valence-electron chi connectivity index (χ0n) is 18.1. The topological polar surface area (TPSA) is 149 Å². The summed E-state index contributed by atoms with van der Waals surface area (Å²) < 4.78 is 15.0. The first-order valence-corrected chi connectivity index (χ1v) is 10.1. The monoisotopic (exact) mass is 429 g/mol. The highest BCUT2D eigenvalue weighted by Gasteiger charge is 2.36. The molecule has 0 aliphatic carbocycles. The van der Waals surface area contributed by atoms with Crippen molar-refractivity contribution >= 4 is 17.6 Å². The molecular formula is C21H35NO8. The van der Waals surface area contributed by atoms with Crippen LogP contribution in [0.4, 0.5) is 5.69 Å². The number of nitrogens with two attached hydrogens (primary N) is 1. The Morgan fingerprint density at radius 3 is 1.97 bits per heavy atom. The molecule has 3 unspecified atom stereocenters. The molecule has 30 heavy (non-hydrogen) atoms. The number of rotatable bonds is 6. The van der Waals surface area contributed by atoms with Crippen molar-refractivity contribution in [2.24, 2.45) is 5.92 Å². The Morgan fingerprint density at radius 2 is 1.57 bits per heavy atom. The lowest BCUT2D eigenvalue weighted by molar-refractivity contribution is -0.167. The summed E-state index contributed by atoms with van der Waals surface area (Å²) in [5.74, 6) is -2.13. The van der Waals surface area contributed by atoms with Gasteiger partial charge >= 0.3 is 11.9 Å². The lowest BCUT2D eigenvalue weighted by Crippen LogP contribution is -2.43. The van der Waals surface area contributed by atoms with E-state index in [1.807, 2.05) is 13.8 Å². The van der Waals surface area contributed by atoms with Crippen LogP contribution in [0.5, 0.6) is 5.75 Å². The molecule has 1 aliphatic heterocycles. The second kappa shape index (κ2) is 15.5. The van der Waals surface area contributed by atoms with E-state index < -0.39 is 36.2 Å². The third-order valence-corrected chi connectivity index (χ3v) is 3.99. The number of phenolic OH excluding ortho intramolecular Hbond substituents is 1. The quantitative estimate of drug-likeness (QED) is 0.229. The molecule has 1 saturated heterocycles. The summed E-state index contributed by atoms with van der Waals surface area (Å²) >= 11 is 0. The van der Waals surface area contributed by atoms with Crippen molar-refractivity contribution in [3.63, 3.8) is 0 Å². The second-order valence-electron chi connectivity index (χ2n) is 6.21. The Kier molecular flexibility index (Phi) is 14.3. The van der Waals surface area contributed by atoms with Gasteiger partial charge in [-0.25, -0.2) is 0 Å². The zero-order chi connectivity index (χ0) is 23.1. The molecule has 2 rings (SSSR count). The van der Waals surface area contributed by atoms with E-state index in [1.165, 1.54) is 0 Å². The molecule has 5 N–H and O–H groups in total. The fraction of sp³-hybridized carbons (Fsp3) is 0.619. The lowest BCUT2D eigenvalue weighted by Gasteiger charge is -2.31. The maximum absolute atomic E-state index is 11.8. The molecule has 0 amide bonds. The number of carbonyl (C=O) groups excluding carboxylic acids is 2.